The van der Waals surface area contributed by atoms with Crippen LogP contribution in [0.1, 0.15) is 21.6 Å². The van der Waals surface area contributed by atoms with Gasteiger partial charge in [0.1, 0.15) is 15.6 Å². The van der Waals surface area contributed by atoms with E-state index in [0.29, 0.717) is 23.7 Å². The lowest BCUT2D eigenvalue weighted by molar-refractivity contribution is 0.0956. The summed E-state index contributed by atoms with van der Waals surface area (Å²) in [5.74, 6) is 0.380. The lowest BCUT2D eigenvalue weighted by Crippen LogP contribution is -2.28. The average Bonchev–Trinajstić information content (AvgIpc) is 2.53. The number of nitrogens with two attached hydrogens (primary N) is 1. The van der Waals surface area contributed by atoms with Gasteiger partial charge in [0.15, 0.2) is 0 Å². The van der Waals surface area contributed by atoms with E-state index in [1.54, 1.807) is 30.3 Å². The van der Waals surface area contributed by atoms with Gasteiger partial charge in [-0.1, -0.05) is 6.07 Å². The number of nitrogens with zero attached hydrogens (tertiary/aromatic N) is 1. The summed E-state index contributed by atoms with van der Waals surface area (Å²) in [7, 11) is -3.12. The molecule has 1 amide bonds. The van der Waals surface area contributed by atoms with Crippen LogP contribution in [0.15, 0.2) is 36.4 Å². The topological polar surface area (TPSA) is 111 Å². The molecule has 25 heavy (non-hydrogen) atoms. The van der Waals surface area contributed by atoms with Crippen LogP contribution in [0.3, 0.4) is 0 Å². The Kier molecular flexibility index (Phi) is 6.11. The Morgan fingerprint density at radius 3 is 2.72 bits per heavy atom. The number of ether oxygens (including phenoxy) is 1. The van der Waals surface area contributed by atoms with Crippen molar-refractivity contribution in [2.45, 2.75) is 13.5 Å². The van der Waals surface area contributed by atoms with Gasteiger partial charge in [-0.25, -0.2) is 13.4 Å². The molecule has 0 atom stereocenters. The standard InChI is InChI=1S/C17H21N3O4S/c1-12-8-13(11-18)9-16(20-12)24-15-5-3-4-14(10-15)17(21)19-6-7-25(2,22)23/h3-5,8-10H,6-7,11,18H2,1-2H3,(H,19,21). The van der Waals surface area contributed by atoms with Crippen molar-refractivity contribution in [3.8, 4) is 11.6 Å². The van der Waals surface area contributed by atoms with Gasteiger partial charge in [0.05, 0.1) is 5.75 Å². The third kappa shape index (κ3) is 6.17. The van der Waals surface area contributed by atoms with E-state index in [9.17, 15) is 13.2 Å². The second-order valence-corrected chi connectivity index (χ2v) is 7.93. The molecule has 1 aromatic heterocycles. The molecular formula is C17H21N3O4S. The predicted molar refractivity (Wildman–Crippen MR) is 95.4 cm³/mol. The summed E-state index contributed by atoms with van der Waals surface area (Å²) in [6, 6.07) is 10.2. The van der Waals surface area contributed by atoms with Crippen molar-refractivity contribution >= 4 is 15.7 Å². The van der Waals surface area contributed by atoms with Gasteiger partial charge >= 0.3 is 0 Å². The van der Waals surface area contributed by atoms with Crippen LogP contribution >= 0.6 is 0 Å². The molecule has 0 saturated heterocycles. The van der Waals surface area contributed by atoms with E-state index < -0.39 is 9.84 Å². The van der Waals surface area contributed by atoms with E-state index in [-0.39, 0.29) is 18.2 Å². The Hall–Kier alpha value is -2.45. The van der Waals surface area contributed by atoms with Gasteiger partial charge in [-0.3, -0.25) is 4.79 Å². The van der Waals surface area contributed by atoms with Crippen LogP contribution in [0, 0.1) is 6.92 Å². The fourth-order valence-electron chi connectivity index (χ4n) is 2.15. The first-order valence-corrected chi connectivity index (χ1v) is 9.74. The van der Waals surface area contributed by atoms with Gasteiger partial charge in [-0.15, -0.1) is 0 Å². The molecule has 0 bridgehead atoms. The molecule has 3 N–H and O–H groups in total. The second kappa shape index (κ2) is 8.09. The zero-order valence-corrected chi connectivity index (χ0v) is 15.0. The summed E-state index contributed by atoms with van der Waals surface area (Å²) < 4.78 is 27.9. The molecule has 0 saturated carbocycles. The third-order valence-electron chi connectivity index (χ3n) is 3.30. The number of nitrogens with one attached hydrogen (secondary N) is 1. The predicted octanol–water partition coefficient (Wildman–Crippen LogP) is 1.42. The molecule has 0 unspecified atom stereocenters. The molecule has 0 spiro atoms. The van der Waals surface area contributed by atoms with Gasteiger partial charge in [0.2, 0.25) is 5.88 Å². The summed E-state index contributed by atoms with van der Waals surface area (Å²) in [5, 5.41) is 2.57. The number of sulfone groups is 1. The number of aryl methyl sites for hydroxylation is 1. The average molecular weight is 363 g/mol. The number of hydrogen-bond donors (Lipinski definition) is 2. The van der Waals surface area contributed by atoms with Crippen LogP contribution < -0.4 is 15.8 Å². The minimum absolute atomic E-state index is 0.0576. The maximum atomic E-state index is 12.1. The molecule has 7 nitrogen and oxygen atoms in total. The molecule has 1 aromatic carbocycles. The van der Waals surface area contributed by atoms with E-state index in [2.05, 4.69) is 10.3 Å². The molecule has 0 aliphatic heterocycles. The number of benzene rings is 1. The Morgan fingerprint density at radius 1 is 1.28 bits per heavy atom. The van der Waals surface area contributed by atoms with Gasteiger partial charge < -0.3 is 15.8 Å². The number of amides is 1. The number of hydrogen-bond acceptors (Lipinski definition) is 6. The molecule has 134 valence electrons. The van der Waals surface area contributed by atoms with Crippen molar-refractivity contribution in [1.82, 2.24) is 10.3 Å². The maximum Gasteiger partial charge on any atom is 0.251 e. The highest BCUT2D eigenvalue weighted by atomic mass is 32.2. The van der Waals surface area contributed by atoms with Crippen molar-refractivity contribution in [3.63, 3.8) is 0 Å². The number of carbonyl (C=O) groups excluding carboxylic acids is 1. The van der Waals surface area contributed by atoms with Crippen LogP contribution in [-0.2, 0) is 16.4 Å². The highest BCUT2D eigenvalue weighted by Gasteiger charge is 2.09. The monoisotopic (exact) mass is 363 g/mol. The largest absolute Gasteiger partial charge is 0.439 e. The zero-order chi connectivity index (χ0) is 18.4. The van der Waals surface area contributed by atoms with Gasteiger partial charge in [0, 0.05) is 36.7 Å². The van der Waals surface area contributed by atoms with Crippen LogP contribution in [0.25, 0.3) is 0 Å². The maximum absolute atomic E-state index is 12.1. The summed E-state index contributed by atoms with van der Waals surface area (Å²) in [6.07, 6.45) is 1.12. The zero-order valence-electron chi connectivity index (χ0n) is 14.2. The lowest BCUT2D eigenvalue weighted by Gasteiger charge is -2.09. The molecule has 8 heteroatoms. The Labute approximate surface area is 147 Å². The number of rotatable bonds is 7. The van der Waals surface area contributed by atoms with Crippen molar-refractivity contribution in [2.75, 3.05) is 18.6 Å². The lowest BCUT2D eigenvalue weighted by atomic mass is 10.2. The molecule has 2 aromatic rings. The molecule has 2 rings (SSSR count). The first-order valence-electron chi connectivity index (χ1n) is 7.68. The number of pyridine rings is 1. The summed E-state index contributed by atoms with van der Waals surface area (Å²) in [5.41, 5.74) is 7.70. The van der Waals surface area contributed by atoms with Crippen molar-refractivity contribution < 1.29 is 17.9 Å². The quantitative estimate of drug-likeness (QED) is 0.769. The first kappa shape index (κ1) is 18.9. The van der Waals surface area contributed by atoms with Crippen LogP contribution in [-0.4, -0.2) is 37.9 Å². The van der Waals surface area contributed by atoms with Crippen LogP contribution in [0.2, 0.25) is 0 Å². The van der Waals surface area contributed by atoms with E-state index in [1.165, 1.54) is 0 Å². The van der Waals surface area contributed by atoms with Crippen molar-refractivity contribution in [3.05, 3.63) is 53.2 Å². The summed E-state index contributed by atoms with van der Waals surface area (Å²) >= 11 is 0. The van der Waals surface area contributed by atoms with Crippen LogP contribution in [0.4, 0.5) is 0 Å². The highest BCUT2D eigenvalue weighted by Crippen LogP contribution is 2.22. The molecule has 1 heterocycles. The van der Waals surface area contributed by atoms with Crippen LogP contribution in [0.5, 0.6) is 11.6 Å². The fraction of sp³-hybridized carbons (Fsp3) is 0.294. The van der Waals surface area contributed by atoms with Crippen molar-refractivity contribution in [1.29, 1.82) is 0 Å². The Balaban J connectivity index is 2.08. The van der Waals surface area contributed by atoms with Gasteiger partial charge in [-0.2, -0.15) is 0 Å². The first-order chi connectivity index (χ1) is 11.8. The van der Waals surface area contributed by atoms with E-state index in [0.717, 1.165) is 17.5 Å². The second-order valence-electron chi connectivity index (χ2n) is 5.67. The minimum atomic E-state index is -3.12. The van der Waals surface area contributed by atoms with E-state index in [1.807, 2.05) is 13.0 Å². The molecule has 0 aliphatic carbocycles. The van der Waals surface area contributed by atoms with E-state index >= 15 is 0 Å². The summed E-state index contributed by atoms with van der Waals surface area (Å²) in [6.45, 7) is 2.28. The highest BCUT2D eigenvalue weighted by molar-refractivity contribution is 7.90. The Morgan fingerprint density at radius 2 is 2.04 bits per heavy atom. The van der Waals surface area contributed by atoms with Crippen molar-refractivity contribution in [2.24, 2.45) is 5.73 Å². The summed E-state index contributed by atoms with van der Waals surface area (Å²) in [4.78, 5) is 16.4. The normalized spacial score (nSPS) is 11.2. The number of aromatic nitrogens is 1. The minimum Gasteiger partial charge on any atom is -0.439 e. The fourth-order valence-corrected chi connectivity index (χ4v) is 2.62. The Bertz CT molecular complexity index is 866. The SMILES string of the molecule is Cc1cc(CN)cc(Oc2cccc(C(=O)NCCS(C)(=O)=O)c2)n1. The van der Waals surface area contributed by atoms with Gasteiger partial charge in [0.25, 0.3) is 5.91 Å². The van der Waals surface area contributed by atoms with Gasteiger partial charge in [-0.05, 0) is 36.8 Å². The molecule has 0 fully saturated rings. The molecule has 0 radical (unpaired) electrons. The third-order valence-corrected chi connectivity index (χ3v) is 4.25. The molecule has 0 aliphatic rings. The smallest absolute Gasteiger partial charge is 0.251 e. The number of carbonyl (C=O) groups is 1. The molecular weight excluding hydrogens is 342 g/mol. The van der Waals surface area contributed by atoms with E-state index in [4.69, 9.17) is 10.5 Å².